The number of hydrogen-bond donors (Lipinski definition) is 1. The van der Waals surface area contributed by atoms with Crippen LogP contribution in [0.2, 0.25) is 0 Å². The van der Waals surface area contributed by atoms with E-state index in [-0.39, 0.29) is 12.1 Å². The second kappa shape index (κ2) is 4.55. The van der Waals surface area contributed by atoms with E-state index in [0.29, 0.717) is 6.42 Å². The molecule has 96 valence electrons. The van der Waals surface area contributed by atoms with Gasteiger partial charge >= 0.3 is 6.18 Å². The van der Waals surface area contributed by atoms with Gasteiger partial charge in [0.15, 0.2) is 0 Å². The van der Waals surface area contributed by atoms with Gasteiger partial charge in [-0.15, -0.1) is 11.3 Å². The third kappa shape index (κ3) is 3.65. The number of thiazole rings is 1. The fourth-order valence-electron chi connectivity index (χ4n) is 1.39. The van der Waals surface area contributed by atoms with Crippen molar-refractivity contribution >= 4 is 11.3 Å². The Morgan fingerprint density at radius 2 is 2.18 bits per heavy atom. The quantitative estimate of drug-likeness (QED) is 0.831. The van der Waals surface area contributed by atoms with E-state index >= 15 is 0 Å². The van der Waals surface area contributed by atoms with Crippen LogP contribution < -0.4 is 5.73 Å². The molecule has 0 bridgehead atoms. The minimum absolute atomic E-state index is 0.0318. The lowest BCUT2D eigenvalue weighted by molar-refractivity contribution is -0.173. The Morgan fingerprint density at radius 1 is 1.47 bits per heavy atom. The van der Waals surface area contributed by atoms with Crippen molar-refractivity contribution < 1.29 is 17.9 Å². The zero-order chi connectivity index (χ0) is 12.5. The topological polar surface area (TPSA) is 48.1 Å². The molecule has 0 radical (unpaired) electrons. The number of nitrogens with two attached hydrogens (primary N) is 1. The van der Waals surface area contributed by atoms with E-state index in [0.717, 1.165) is 23.5 Å². The smallest absolute Gasteiger partial charge is 0.372 e. The highest BCUT2D eigenvalue weighted by Gasteiger charge is 2.42. The summed E-state index contributed by atoms with van der Waals surface area (Å²) in [5, 5.41) is 2.66. The van der Waals surface area contributed by atoms with Gasteiger partial charge in [-0.05, 0) is 12.8 Å². The van der Waals surface area contributed by atoms with Crippen LogP contribution in [0.25, 0.3) is 0 Å². The van der Waals surface area contributed by atoms with Crippen molar-refractivity contribution in [3.05, 3.63) is 16.1 Å². The minimum atomic E-state index is -4.26. The SMILES string of the molecule is NC1(c2csc(CCOCC(F)(F)F)n2)CC1. The van der Waals surface area contributed by atoms with Gasteiger partial charge in [-0.2, -0.15) is 13.2 Å². The van der Waals surface area contributed by atoms with E-state index in [1.54, 1.807) is 0 Å². The molecule has 0 aromatic carbocycles. The zero-order valence-electron chi connectivity index (χ0n) is 9.09. The van der Waals surface area contributed by atoms with Crippen LogP contribution in [-0.4, -0.2) is 24.4 Å². The van der Waals surface area contributed by atoms with E-state index in [1.165, 1.54) is 11.3 Å². The van der Waals surface area contributed by atoms with Crippen molar-refractivity contribution in [1.82, 2.24) is 4.98 Å². The van der Waals surface area contributed by atoms with Gasteiger partial charge in [-0.25, -0.2) is 4.98 Å². The number of ether oxygens (including phenoxy) is 1. The average molecular weight is 266 g/mol. The van der Waals surface area contributed by atoms with Crippen molar-refractivity contribution in [1.29, 1.82) is 0 Å². The van der Waals surface area contributed by atoms with Crippen LogP contribution in [0.1, 0.15) is 23.5 Å². The highest BCUT2D eigenvalue weighted by molar-refractivity contribution is 7.09. The van der Waals surface area contributed by atoms with Crippen LogP contribution in [0, 0.1) is 0 Å². The van der Waals surface area contributed by atoms with Crippen molar-refractivity contribution in [3.63, 3.8) is 0 Å². The number of aromatic nitrogens is 1. The molecule has 17 heavy (non-hydrogen) atoms. The Hall–Kier alpha value is -0.660. The van der Waals surface area contributed by atoms with Gasteiger partial charge in [0.25, 0.3) is 0 Å². The molecule has 3 nitrogen and oxygen atoms in total. The number of hydrogen-bond acceptors (Lipinski definition) is 4. The predicted octanol–water partition coefficient (Wildman–Crippen LogP) is 2.21. The van der Waals surface area contributed by atoms with Crippen LogP contribution in [0.5, 0.6) is 0 Å². The number of nitrogens with zero attached hydrogens (tertiary/aromatic N) is 1. The maximum Gasteiger partial charge on any atom is 0.411 e. The maximum atomic E-state index is 11.8. The Bertz CT molecular complexity index is 387. The molecule has 1 aliphatic carbocycles. The second-order valence-electron chi connectivity index (χ2n) is 4.20. The lowest BCUT2D eigenvalue weighted by Crippen LogP contribution is -2.19. The van der Waals surface area contributed by atoms with Gasteiger partial charge in [0, 0.05) is 11.8 Å². The molecule has 1 aliphatic rings. The lowest BCUT2D eigenvalue weighted by atomic mass is 10.2. The Labute approximate surface area is 101 Å². The molecule has 2 rings (SSSR count). The molecule has 1 aromatic rings. The van der Waals surface area contributed by atoms with Crippen molar-refractivity contribution in [2.75, 3.05) is 13.2 Å². The van der Waals surface area contributed by atoms with Crippen molar-refractivity contribution in [2.24, 2.45) is 5.73 Å². The molecule has 1 heterocycles. The van der Waals surface area contributed by atoms with Gasteiger partial charge in [0.2, 0.25) is 0 Å². The summed E-state index contributed by atoms with van der Waals surface area (Å²) in [6.07, 6.45) is -2.00. The van der Waals surface area contributed by atoms with Crippen LogP contribution in [0.15, 0.2) is 5.38 Å². The van der Waals surface area contributed by atoms with E-state index in [4.69, 9.17) is 5.73 Å². The molecule has 7 heteroatoms. The minimum Gasteiger partial charge on any atom is -0.372 e. The third-order valence-electron chi connectivity index (χ3n) is 2.58. The molecule has 1 fully saturated rings. The summed E-state index contributed by atoms with van der Waals surface area (Å²) < 4.78 is 39.9. The van der Waals surface area contributed by atoms with E-state index in [2.05, 4.69) is 9.72 Å². The Balaban J connectivity index is 1.74. The second-order valence-corrected chi connectivity index (χ2v) is 5.14. The van der Waals surface area contributed by atoms with Crippen LogP contribution in [-0.2, 0) is 16.7 Å². The highest BCUT2D eigenvalue weighted by Crippen LogP contribution is 2.42. The molecular weight excluding hydrogens is 253 g/mol. The average Bonchev–Trinajstić information content (AvgIpc) is 2.80. The monoisotopic (exact) mass is 266 g/mol. The number of rotatable bonds is 5. The van der Waals surface area contributed by atoms with Gasteiger partial charge < -0.3 is 10.5 Å². The number of halogens is 3. The third-order valence-corrected chi connectivity index (χ3v) is 3.49. The Morgan fingerprint density at radius 3 is 2.76 bits per heavy atom. The molecule has 0 aliphatic heterocycles. The fourth-order valence-corrected chi connectivity index (χ4v) is 2.28. The first-order chi connectivity index (χ1) is 7.89. The zero-order valence-corrected chi connectivity index (χ0v) is 9.90. The molecule has 0 spiro atoms. The molecule has 0 amide bonds. The Kier molecular flexibility index (Phi) is 3.42. The standard InChI is InChI=1S/C10H13F3N2OS/c11-10(12,13)6-16-4-1-8-15-7(5-17-8)9(14)2-3-9/h5H,1-4,6,14H2. The summed E-state index contributed by atoms with van der Waals surface area (Å²) in [4.78, 5) is 4.31. The predicted molar refractivity (Wildman–Crippen MR) is 57.8 cm³/mol. The summed E-state index contributed by atoms with van der Waals surface area (Å²) in [5.74, 6) is 0. The van der Waals surface area contributed by atoms with Gasteiger partial charge in [0.05, 0.1) is 22.8 Å². The molecular formula is C10H13F3N2OS. The van der Waals surface area contributed by atoms with Gasteiger partial charge in [0.1, 0.15) is 6.61 Å². The van der Waals surface area contributed by atoms with E-state index in [1.807, 2.05) is 5.38 Å². The summed E-state index contributed by atoms with van der Waals surface area (Å²) >= 11 is 1.42. The molecule has 0 saturated heterocycles. The normalized spacial score (nSPS) is 18.4. The molecule has 0 atom stereocenters. The summed E-state index contributed by atoms with van der Waals surface area (Å²) in [5.41, 5.74) is 6.54. The molecule has 1 saturated carbocycles. The van der Waals surface area contributed by atoms with Crippen molar-refractivity contribution in [2.45, 2.75) is 31.0 Å². The summed E-state index contributed by atoms with van der Waals surface area (Å²) in [6, 6.07) is 0. The molecule has 0 unspecified atom stereocenters. The van der Waals surface area contributed by atoms with Crippen LogP contribution in [0.4, 0.5) is 13.2 Å². The largest absolute Gasteiger partial charge is 0.411 e. The van der Waals surface area contributed by atoms with Crippen molar-refractivity contribution in [3.8, 4) is 0 Å². The van der Waals surface area contributed by atoms with E-state index in [9.17, 15) is 13.2 Å². The first kappa shape index (κ1) is 12.8. The maximum absolute atomic E-state index is 11.8. The first-order valence-corrected chi connectivity index (χ1v) is 6.15. The van der Waals surface area contributed by atoms with Gasteiger partial charge in [-0.1, -0.05) is 0 Å². The first-order valence-electron chi connectivity index (χ1n) is 5.27. The van der Waals surface area contributed by atoms with Gasteiger partial charge in [-0.3, -0.25) is 0 Å². The van der Waals surface area contributed by atoms with E-state index < -0.39 is 12.8 Å². The van der Waals surface area contributed by atoms with Crippen LogP contribution >= 0.6 is 11.3 Å². The van der Waals surface area contributed by atoms with Crippen LogP contribution in [0.3, 0.4) is 0 Å². The lowest BCUT2D eigenvalue weighted by Gasteiger charge is -2.06. The number of alkyl halides is 3. The summed E-state index contributed by atoms with van der Waals surface area (Å²) in [6.45, 7) is -1.17. The molecule has 2 N–H and O–H groups in total. The summed E-state index contributed by atoms with van der Waals surface area (Å²) in [7, 11) is 0. The fraction of sp³-hybridized carbons (Fsp3) is 0.700. The highest BCUT2D eigenvalue weighted by atomic mass is 32.1. The molecule has 1 aromatic heterocycles.